The number of rotatable bonds is 6. The van der Waals surface area contributed by atoms with Crippen molar-refractivity contribution in [2.75, 3.05) is 0 Å². The number of hydrogen-bond acceptors (Lipinski definition) is 4. The normalized spacial score (nSPS) is 45.4. The number of carboxylic acids is 1. The van der Waals surface area contributed by atoms with Crippen molar-refractivity contribution < 1.29 is 24.5 Å². The Balaban J connectivity index is 1.85. The van der Waals surface area contributed by atoms with Gasteiger partial charge < -0.3 is 14.9 Å². The van der Waals surface area contributed by atoms with Crippen LogP contribution in [0.15, 0.2) is 35.1 Å². The van der Waals surface area contributed by atoms with Crippen molar-refractivity contribution in [3.8, 4) is 0 Å². The number of carboxylic acid groups (broad SMARTS) is 1. The Bertz CT molecular complexity index is 1070. The maximum absolute atomic E-state index is 13.9. The predicted octanol–water partition coefficient (Wildman–Crippen LogP) is 7.11. The molecule has 4 aliphatic rings. The van der Waals surface area contributed by atoms with Gasteiger partial charge >= 0.3 is 5.97 Å². The van der Waals surface area contributed by atoms with Gasteiger partial charge in [-0.3, -0.25) is 4.79 Å². The predicted molar refractivity (Wildman–Crippen MR) is 150 cm³/mol. The van der Waals surface area contributed by atoms with E-state index in [0.29, 0.717) is 61.1 Å². The third kappa shape index (κ3) is 4.22. The molecule has 38 heavy (non-hydrogen) atoms. The summed E-state index contributed by atoms with van der Waals surface area (Å²) < 4.78 is 6.30. The number of ketones is 1. The van der Waals surface area contributed by atoms with E-state index in [2.05, 4.69) is 47.3 Å². The van der Waals surface area contributed by atoms with Gasteiger partial charge in [-0.15, -0.1) is 0 Å². The molecular weight excluding hydrogens is 476 g/mol. The molecule has 4 rings (SSSR count). The number of fused-ring (bicyclic) bond motifs is 5. The fourth-order valence-corrected chi connectivity index (χ4v) is 9.79. The molecule has 5 heteroatoms. The summed E-state index contributed by atoms with van der Waals surface area (Å²) in [7, 11) is 0. The molecule has 212 valence electrons. The van der Waals surface area contributed by atoms with Crippen LogP contribution < -0.4 is 0 Å². The molecule has 0 aliphatic heterocycles. The van der Waals surface area contributed by atoms with E-state index in [0.717, 1.165) is 18.4 Å². The minimum absolute atomic E-state index is 0.115. The topological polar surface area (TPSA) is 83.8 Å². The monoisotopic (exact) mass is 526 g/mol. The highest BCUT2D eigenvalue weighted by molar-refractivity contribution is 5.88. The summed E-state index contributed by atoms with van der Waals surface area (Å²) in [6.07, 6.45) is 5.75. The van der Waals surface area contributed by atoms with Crippen molar-refractivity contribution in [3.05, 3.63) is 35.1 Å². The Morgan fingerprint density at radius 3 is 2.39 bits per heavy atom. The second kappa shape index (κ2) is 9.94. The molecule has 0 heterocycles. The lowest BCUT2D eigenvalue weighted by Gasteiger charge is -2.68. The van der Waals surface area contributed by atoms with Gasteiger partial charge in [0.1, 0.15) is 11.9 Å². The first-order valence-corrected chi connectivity index (χ1v) is 14.7. The molecule has 0 amide bonds. The van der Waals surface area contributed by atoms with E-state index in [9.17, 15) is 19.8 Å². The van der Waals surface area contributed by atoms with Crippen LogP contribution >= 0.6 is 0 Å². The molecular formula is C33H50O5. The lowest BCUT2D eigenvalue weighted by molar-refractivity contribution is -0.223. The van der Waals surface area contributed by atoms with Crippen LogP contribution in [0.2, 0.25) is 0 Å². The number of aliphatic hydroxyl groups excluding tert-OH is 1. The average Bonchev–Trinajstić information content (AvgIpc) is 3.06. The maximum atomic E-state index is 13.9. The van der Waals surface area contributed by atoms with Crippen molar-refractivity contribution in [2.45, 2.75) is 113 Å². The Labute approximate surface area is 229 Å². The fraction of sp³-hybridized carbons (Fsp3) is 0.758. The number of hydrogen-bond donors (Lipinski definition) is 2. The van der Waals surface area contributed by atoms with Gasteiger partial charge in [-0.1, -0.05) is 52.8 Å². The van der Waals surface area contributed by atoms with Crippen LogP contribution in [0.4, 0.5) is 0 Å². The molecule has 10 atom stereocenters. The van der Waals surface area contributed by atoms with E-state index < -0.39 is 17.5 Å². The van der Waals surface area contributed by atoms with Gasteiger partial charge in [-0.05, 0) is 99.4 Å². The molecule has 0 aromatic carbocycles. The van der Waals surface area contributed by atoms with Gasteiger partial charge in [-0.2, -0.15) is 0 Å². The highest BCUT2D eigenvalue weighted by Crippen LogP contribution is 2.74. The van der Waals surface area contributed by atoms with E-state index >= 15 is 0 Å². The van der Waals surface area contributed by atoms with E-state index in [1.54, 1.807) is 0 Å². The smallest absolute Gasteiger partial charge is 0.331 e. The quantitative estimate of drug-likeness (QED) is 0.219. The van der Waals surface area contributed by atoms with Crippen molar-refractivity contribution in [1.29, 1.82) is 0 Å². The maximum Gasteiger partial charge on any atom is 0.331 e. The summed E-state index contributed by atoms with van der Waals surface area (Å²) in [6.45, 7) is 21.1. The number of ether oxygens (including phenoxy) is 1. The molecule has 0 radical (unpaired) electrons. The minimum atomic E-state index is -0.899. The Hall–Kier alpha value is -1.88. The van der Waals surface area contributed by atoms with Gasteiger partial charge in [0, 0.05) is 23.3 Å². The Morgan fingerprint density at radius 2 is 1.82 bits per heavy atom. The number of allylic oxidation sites excluding steroid dienone is 3. The third-order valence-electron chi connectivity index (χ3n) is 11.9. The zero-order valence-corrected chi connectivity index (χ0v) is 24.9. The molecule has 0 bridgehead atoms. The molecule has 4 fully saturated rings. The van der Waals surface area contributed by atoms with Gasteiger partial charge in [0.2, 0.25) is 0 Å². The number of carbonyl (C=O) groups is 2. The first kappa shape index (κ1) is 29.1. The van der Waals surface area contributed by atoms with Gasteiger partial charge in [-0.25, -0.2) is 4.79 Å². The van der Waals surface area contributed by atoms with Crippen molar-refractivity contribution in [2.24, 2.45) is 45.8 Å². The third-order valence-corrected chi connectivity index (χ3v) is 11.9. The van der Waals surface area contributed by atoms with E-state index in [-0.39, 0.29) is 34.7 Å². The summed E-state index contributed by atoms with van der Waals surface area (Å²) in [4.78, 5) is 26.6. The minimum Gasteiger partial charge on any atom is -0.491 e. The molecule has 0 aromatic heterocycles. The summed E-state index contributed by atoms with van der Waals surface area (Å²) >= 11 is 0. The first-order valence-electron chi connectivity index (χ1n) is 14.7. The van der Waals surface area contributed by atoms with Crippen LogP contribution in [0.1, 0.15) is 100 Å². The zero-order chi connectivity index (χ0) is 28.4. The van der Waals surface area contributed by atoms with Crippen molar-refractivity contribution in [3.63, 3.8) is 0 Å². The highest BCUT2D eigenvalue weighted by atomic mass is 16.5. The molecule has 0 saturated heterocycles. The van der Waals surface area contributed by atoms with E-state index in [4.69, 9.17) is 4.74 Å². The van der Waals surface area contributed by atoms with Gasteiger partial charge in [0.05, 0.1) is 11.9 Å². The molecule has 0 aromatic rings. The molecule has 4 saturated carbocycles. The van der Waals surface area contributed by atoms with Crippen LogP contribution in [0.3, 0.4) is 0 Å². The molecule has 1 unspecified atom stereocenters. The molecule has 2 N–H and O–H groups in total. The Kier molecular flexibility index (Phi) is 7.62. The molecule has 5 nitrogen and oxygen atoms in total. The highest BCUT2D eigenvalue weighted by Gasteiger charge is 2.72. The number of Topliss-reactive ketones (excluding diaryl/α,β-unsaturated/α-hetero) is 1. The number of carbonyl (C=O) groups excluding carboxylic acids is 1. The van der Waals surface area contributed by atoms with E-state index in [1.165, 1.54) is 5.57 Å². The zero-order valence-electron chi connectivity index (χ0n) is 24.9. The largest absolute Gasteiger partial charge is 0.491 e. The summed E-state index contributed by atoms with van der Waals surface area (Å²) in [5.41, 5.74) is 1.24. The van der Waals surface area contributed by atoms with Crippen molar-refractivity contribution in [1.82, 2.24) is 0 Å². The summed E-state index contributed by atoms with van der Waals surface area (Å²) in [5, 5.41) is 22.4. The van der Waals surface area contributed by atoms with Gasteiger partial charge in [0.25, 0.3) is 0 Å². The second-order valence-corrected chi connectivity index (χ2v) is 14.1. The number of aliphatic carboxylic acids is 1. The fourth-order valence-electron chi connectivity index (χ4n) is 9.79. The molecule has 0 spiro atoms. The van der Waals surface area contributed by atoms with Crippen LogP contribution in [0.5, 0.6) is 0 Å². The summed E-state index contributed by atoms with van der Waals surface area (Å²) in [5.74, 6) is 0.786. The lowest BCUT2D eigenvalue weighted by atomic mass is 9.36. The Morgan fingerprint density at radius 1 is 1.16 bits per heavy atom. The number of aliphatic hydroxyl groups is 1. The molecule has 4 aliphatic carbocycles. The first-order chi connectivity index (χ1) is 17.6. The summed E-state index contributed by atoms with van der Waals surface area (Å²) in [6, 6.07) is 0. The van der Waals surface area contributed by atoms with Crippen LogP contribution in [-0.4, -0.2) is 34.2 Å². The van der Waals surface area contributed by atoms with Crippen LogP contribution in [0, 0.1) is 45.8 Å². The van der Waals surface area contributed by atoms with Gasteiger partial charge in [0.15, 0.2) is 0 Å². The van der Waals surface area contributed by atoms with Crippen molar-refractivity contribution >= 4 is 11.8 Å². The standard InChI is InChI=1S/C33H50O5/c1-18(2)11-10-12-22(30(36)37)28-24-16-25(34)29-31(7,32(24,8)17-26(28)38-19(3)4)14-13-23-21(6)20(5)15-27(35)33(23,29)9/h11,20-21,23-26,29,34H,3,10,12-17H2,1-2,4-9H3,(H,36,37)/b28-22-/t20-,21+,23+,24+,25-,26?,29+,31+,32+,33-/m1/s1. The van der Waals surface area contributed by atoms with E-state index in [1.807, 2.05) is 20.8 Å². The van der Waals surface area contributed by atoms with Crippen LogP contribution in [0.25, 0.3) is 0 Å². The average molecular weight is 527 g/mol. The lowest BCUT2D eigenvalue weighted by Crippen LogP contribution is -2.67. The SMILES string of the molecule is C=C(C)OC1C[C@@]2(C)[C@@H](C[C@@H](O)[C@@H]3[C@@]4(C)C(=O)C[C@@H](C)[C@H](C)[C@@H]4CC[C@@]32C)/C1=C(\CCC=C(C)C)C(=O)O. The second-order valence-electron chi connectivity index (χ2n) is 14.1. The van der Waals surface area contributed by atoms with Crippen LogP contribution in [-0.2, 0) is 14.3 Å².